The minimum atomic E-state index is 1.29. The number of fused-ring (bicyclic) bond motifs is 1. The molecular weight excluding hydrogens is 1270 g/mol. The van der Waals surface area contributed by atoms with Gasteiger partial charge in [0.25, 0.3) is 0 Å². The Morgan fingerprint density at radius 3 is 0.623 bits per heavy atom. The smallest absolute Gasteiger partial charge is 0.0114 e. The topological polar surface area (TPSA) is 0 Å². The maximum Gasteiger partial charge on any atom is -0.0114 e. The van der Waals surface area contributed by atoms with Gasteiger partial charge in [0.2, 0.25) is 0 Å². The summed E-state index contributed by atoms with van der Waals surface area (Å²) >= 11 is 0. The molecule has 0 saturated heterocycles. The van der Waals surface area contributed by atoms with Crippen LogP contribution in [0.5, 0.6) is 0 Å². The summed E-state index contributed by atoms with van der Waals surface area (Å²) in [5.74, 6) is 0. The van der Waals surface area contributed by atoms with Crippen molar-refractivity contribution in [2.24, 2.45) is 0 Å². The Bertz CT molecular complexity index is 4890. The highest BCUT2D eigenvalue weighted by atomic mass is 14.2. The van der Waals surface area contributed by atoms with Crippen LogP contribution in [-0.4, -0.2) is 0 Å². The summed E-state index contributed by atoms with van der Waals surface area (Å²) in [5.41, 5.74) is 48.6. The van der Waals surface area contributed by atoms with E-state index >= 15 is 0 Å². The number of rotatable bonds is 6. The molecule has 0 aliphatic heterocycles. The number of benzene rings is 14. The van der Waals surface area contributed by atoms with Crippen LogP contribution in [0.3, 0.4) is 0 Å². The van der Waals surface area contributed by atoms with Crippen LogP contribution in [-0.2, 0) is 0 Å². The SMILES string of the molecule is Cc1c(C)c(C)c2c(C)c(C)c(C)c(C)c2c1C.Cc1cc(C)cc(-c2cc(C)cc(C)c2)c1.Cc1ccc(-c2ccc(C)c(C)c2)cc1C.Cc1ccc(-c2ccc(C)cc2)cc1.Cc1ccc(-c2cccc(C)c2)cc1.Cc1cccc(-c2cccc(C)c2)c1.Cc1ccccc1-c1ccccc1C. The Morgan fingerprint density at radius 2 is 0.358 bits per heavy atom. The minimum Gasteiger partial charge on any atom is -0.0620 e. The first-order valence-electron chi connectivity index (χ1n) is 37.8. The predicted octanol–water partition coefficient (Wildman–Crippen LogP) is 30.4. The van der Waals surface area contributed by atoms with Crippen LogP contribution in [0.15, 0.2) is 267 Å². The largest absolute Gasteiger partial charge is 0.0620 e. The number of hydrogen-bond donors (Lipinski definition) is 0. The fourth-order valence-corrected chi connectivity index (χ4v) is 13.8. The second-order valence-electron chi connectivity index (χ2n) is 29.9. The third kappa shape index (κ3) is 22.2. The van der Waals surface area contributed by atoms with Gasteiger partial charge in [-0.05, 0) is 322 Å². The fourth-order valence-electron chi connectivity index (χ4n) is 13.8. The van der Waals surface area contributed by atoms with Crippen molar-refractivity contribution in [3.63, 3.8) is 0 Å². The molecule has 0 radical (unpaired) electrons. The lowest BCUT2D eigenvalue weighted by molar-refractivity contribution is 1.20. The molecule has 0 fully saturated rings. The zero-order valence-corrected chi connectivity index (χ0v) is 68.4. The molecule has 106 heavy (non-hydrogen) atoms. The molecule has 0 aliphatic carbocycles. The van der Waals surface area contributed by atoms with Gasteiger partial charge in [-0.25, -0.2) is 0 Å². The van der Waals surface area contributed by atoms with Gasteiger partial charge in [0, 0.05) is 0 Å². The van der Waals surface area contributed by atoms with Crippen molar-refractivity contribution in [1.29, 1.82) is 0 Å². The zero-order chi connectivity index (χ0) is 77.1. The second-order valence-corrected chi connectivity index (χ2v) is 29.9. The van der Waals surface area contributed by atoms with Crippen LogP contribution in [0.4, 0.5) is 0 Å². The van der Waals surface area contributed by atoms with Crippen LogP contribution >= 0.6 is 0 Å². The normalized spacial score (nSPS) is 10.5. The molecule has 0 aliphatic rings. The number of hydrogen-bond acceptors (Lipinski definition) is 0. The molecule has 0 unspecified atom stereocenters. The van der Waals surface area contributed by atoms with E-state index in [0.717, 1.165) is 0 Å². The van der Waals surface area contributed by atoms with Gasteiger partial charge in [0.05, 0.1) is 0 Å². The van der Waals surface area contributed by atoms with Crippen molar-refractivity contribution < 1.29 is 0 Å². The molecule has 0 heterocycles. The molecule has 14 rings (SSSR count). The van der Waals surface area contributed by atoms with E-state index in [2.05, 4.69) is 433 Å². The zero-order valence-electron chi connectivity index (χ0n) is 68.4. The molecule has 0 N–H and O–H groups in total. The van der Waals surface area contributed by atoms with Crippen LogP contribution in [0.25, 0.3) is 77.5 Å². The molecule has 14 aromatic carbocycles. The van der Waals surface area contributed by atoms with Crippen molar-refractivity contribution in [3.05, 3.63) is 400 Å². The van der Waals surface area contributed by atoms with Crippen molar-refractivity contribution >= 4 is 10.8 Å². The van der Waals surface area contributed by atoms with Crippen LogP contribution in [0.1, 0.15) is 134 Å². The number of aryl methyl sites for hydroxylation is 20. The van der Waals surface area contributed by atoms with Crippen LogP contribution in [0.2, 0.25) is 0 Å². The molecular formula is C106H116. The standard InChI is InChI=1S/C18H24.2C16H18.4C14H14/c1-9-10(2)14(6)18-16(8)12(4)11(3)15(7)17(18)13(9)5;1-11-5-12(2)8-15(7-11)16-9-13(3)6-14(4)10-16;1-11-5-7-15(9-13(11)3)16-8-6-12(2)14(4)10-16;1-11-3-7-13(8-4-11)14-9-5-12(2)6-10-14;1-11-5-3-7-13(9-11)14-8-4-6-12(2)10-14;1-11-7-3-5-9-13(11)14-10-6-4-8-12(14)2;1-11-6-8-13(9-7-11)14-5-3-4-12(2)10-14/h1-8H3;2*5-10H,1-4H3;4*3-10H,1-2H3. The minimum absolute atomic E-state index is 1.29. The summed E-state index contributed by atoms with van der Waals surface area (Å²) in [6.07, 6.45) is 0. The maximum absolute atomic E-state index is 2.27. The lowest BCUT2D eigenvalue weighted by Gasteiger charge is -2.21. The summed E-state index contributed by atoms with van der Waals surface area (Å²) in [4.78, 5) is 0. The molecule has 0 atom stereocenters. The van der Waals surface area contributed by atoms with Crippen LogP contribution in [0, 0.1) is 166 Å². The summed E-state index contributed by atoms with van der Waals surface area (Å²) in [5, 5.41) is 2.97. The Balaban J connectivity index is 0.000000156. The van der Waals surface area contributed by atoms with E-state index in [1.165, 1.54) is 211 Å². The second kappa shape index (κ2) is 37.9. The average molecular weight is 1390 g/mol. The fraction of sp³-hybridized carbons (Fsp3) is 0.226. The Kier molecular flexibility index (Phi) is 28.9. The molecule has 540 valence electrons. The van der Waals surface area contributed by atoms with Gasteiger partial charge in [0.15, 0.2) is 0 Å². The maximum atomic E-state index is 2.27. The summed E-state index contributed by atoms with van der Waals surface area (Å²) in [6.45, 7) is 52.3. The van der Waals surface area contributed by atoms with Gasteiger partial charge in [-0.15, -0.1) is 0 Å². The van der Waals surface area contributed by atoms with Crippen molar-refractivity contribution in [2.45, 2.75) is 166 Å². The highest BCUT2D eigenvalue weighted by Crippen LogP contribution is 2.37. The first kappa shape index (κ1) is 81.0. The molecule has 0 amide bonds. The lowest BCUT2D eigenvalue weighted by Crippen LogP contribution is -2.01. The predicted molar refractivity (Wildman–Crippen MR) is 469 cm³/mol. The third-order valence-corrected chi connectivity index (χ3v) is 21.0. The first-order valence-corrected chi connectivity index (χ1v) is 37.8. The van der Waals surface area contributed by atoms with Gasteiger partial charge < -0.3 is 0 Å². The van der Waals surface area contributed by atoms with Crippen molar-refractivity contribution in [1.82, 2.24) is 0 Å². The Hall–Kier alpha value is -10.7. The average Bonchev–Trinajstić information content (AvgIpc) is 0.743. The van der Waals surface area contributed by atoms with E-state index in [-0.39, 0.29) is 0 Å². The van der Waals surface area contributed by atoms with Crippen LogP contribution < -0.4 is 0 Å². The molecule has 0 bridgehead atoms. The van der Waals surface area contributed by atoms with E-state index in [0.29, 0.717) is 0 Å². The van der Waals surface area contributed by atoms with Crippen molar-refractivity contribution in [3.8, 4) is 66.8 Å². The Morgan fingerprint density at radius 1 is 0.123 bits per heavy atom. The summed E-state index contributed by atoms with van der Waals surface area (Å²) in [6, 6.07) is 95.5. The molecule has 0 heteroatoms. The summed E-state index contributed by atoms with van der Waals surface area (Å²) in [7, 11) is 0. The Labute approximate surface area is 640 Å². The van der Waals surface area contributed by atoms with Gasteiger partial charge in [0.1, 0.15) is 0 Å². The van der Waals surface area contributed by atoms with Crippen molar-refractivity contribution in [2.75, 3.05) is 0 Å². The van der Waals surface area contributed by atoms with E-state index in [1.807, 2.05) is 0 Å². The van der Waals surface area contributed by atoms with E-state index < -0.39 is 0 Å². The molecule has 0 spiro atoms. The summed E-state index contributed by atoms with van der Waals surface area (Å²) < 4.78 is 0. The van der Waals surface area contributed by atoms with E-state index in [1.54, 1.807) is 0 Å². The van der Waals surface area contributed by atoms with E-state index in [9.17, 15) is 0 Å². The molecule has 14 aromatic rings. The highest BCUT2D eigenvalue weighted by Gasteiger charge is 2.17. The third-order valence-electron chi connectivity index (χ3n) is 21.0. The van der Waals surface area contributed by atoms with Gasteiger partial charge >= 0.3 is 0 Å². The quantitative estimate of drug-likeness (QED) is 0.156. The van der Waals surface area contributed by atoms with Gasteiger partial charge in [-0.3, -0.25) is 0 Å². The molecule has 0 aromatic heterocycles. The monoisotopic (exact) mass is 1390 g/mol. The highest BCUT2D eigenvalue weighted by molar-refractivity contribution is 5.97. The molecule has 0 saturated carbocycles. The van der Waals surface area contributed by atoms with Gasteiger partial charge in [-0.2, -0.15) is 0 Å². The van der Waals surface area contributed by atoms with Gasteiger partial charge in [-0.1, -0.05) is 323 Å². The lowest BCUT2D eigenvalue weighted by atomic mass is 9.83. The first-order chi connectivity index (χ1) is 50.5. The van der Waals surface area contributed by atoms with E-state index in [4.69, 9.17) is 0 Å². The molecule has 0 nitrogen and oxygen atoms in total.